The Bertz CT molecular complexity index is 456. The topological polar surface area (TPSA) is 35.2 Å². The summed E-state index contributed by atoms with van der Waals surface area (Å²) < 4.78 is 5.57. The maximum absolute atomic E-state index is 5.89. The van der Waals surface area contributed by atoms with Crippen molar-refractivity contribution in [1.82, 2.24) is 0 Å². The van der Waals surface area contributed by atoms with Crippen molar-refractivity contribution in [1.29, 1.82) is 0 Å². The molecule has 2 rings (SSSR count). The fraction of sp³-hybridized carbons (Fsp3) is 0.167. The van der Waals surface area contributed by atoms with Crippen LogP contribution in [0.15, 0.2) is 35.7 Å². The largest absolute Gasteiger partial charge is 0.398 e. The molecule has 0 saturated carbocycles. The zero-order valence-electron chi connectivity index (χ0n) is 8.65. The summed E-state index contributed by atoms with van der Waals surface area (Å²) >= 11 is 7.57. The summed E-state index contributed by atoms with van der Waals surface area (Å²) in [5.41, 5.74) is 7.47. The Hall–Kier alpha value is -1.03. The first-order chi connectivity index (χ1) is 7.75. The zero-order valence-corrected chi connectivity index (χ0v) is 10.2. The molecule has 0 atom stereocenters. The third-order valence-corrected chi connectivity index (χ3v) is 3.27. The molecule has 4 heteroatoms. The van der Waals surface area contributed by atoms with Gasteiger partial charge in [-0.05, 0) is 29.6 Å². The average molecular weight is 254 g/mol. The van der Waals surface area contributed by atoms with Gasteiger partial charge in [0.15, 0.2) is 0 Å². The van der Waals surface area contributed by atoms with Crippen molar-refractivity contribution in [3.05, 3.63) is 51.2 Å². The van der Waals surface area contributed by atoms with Gasteiger partial charge < -0.3 is 10.5 Å². The Kier molecular flexibility index (Phi) is 3.83. The van der Waals surface area contributed by atoms with Gasteiger partial charge >= 0.3 is 0 Å². The standard InChI is InChI=1S/C12H12ClNOS/c13-10-3-4-12(14)9(6-10)7-15-8-11-2-1-5-16-11/h1-6H,7-8,14H2. The number of thiophene rings is 1. The predicted octanol–water partition coefficient (Wildman–Crippen LogP) is 3.70. The van der Waals surface area contributed by atoms with E-state index in [1.54, 1.807) is 23.5 Å². The molecule has 0 amide bonds. The smallest absolute Gasteiger partial charge is 0.0813 e. The van der Waals surface area contributed by atoms with Gasteiger partial charge in [-0.15, -0.1) is 11.3 Å². The normalized spacial score (nSPS) is 10.6. The Morgan fingerprint density at radius 1 is 1.25 bits per heavy atom. The number of benzene rings is 1. The number of nitrogen functional groups attached to an aromatic ring is 1. The molecule has 2 nitrogen and oxygen atoms in total. The van der Waals surface area contributed by atoms with E-state index in [1.165, 1.54) is 4.88 Å². The molecule has 16 heavy (non-hydrogen) atoms. The summed E-state index contributed by atoms with van der Waals surface area (Å²) in [7, 11) is 0. The molecule has 0 radical (unpaired) electrons. The van der Waals surface area contributed by atoms with Crippen molar-refractivity contribution in [2.75, 3.05) is 5.73 Å². The van der Waals surface area contributed by atoms with Crippen LogP contribution >= 0.6 is 22.9 Å². The van der Waals surface area contributed by atoms with Gasteiger partial charge in [0.2, 0.25) is 0 Å². The van der Waals surface area contributed by atoms with Crippen molar-refractivity contribution in [3.63, 3.8) is 0 Å². The maximum Gasteiger partial charge on any atom is 0.0813 e. The first-order valence-corrected chi connectivity index (χ1v) is 6.15. The van der Waals surface area contributed by atoms with E-state index in [1.807, 2.05) is 23.6 Å². The molecule has 0 aliphatic rings. The molecule has 84 valence electrons. The van der Waals surface area contributed by atoms with E-state index in [9.17, 15) is 0 Å². The second-order valence-corrected chi connectivity index (χ2v) is 4.88. The van der Waals surface area contributed by atoms with Crippen LogP contribution in [0, 0.1) is 0 Å². The monoisotopic (exact) mass is 253 g/mol. The minimum atomic E-state index is 0.490. The van der Waals surface area contributed by atoms with Crippen molar-refractivity contribution < 1.29 is 4.74 Å². The first-order valence-electron chi connectivity index (χ1n) is 4.90. The van der Waals surface area contributed by atoms with E-state index in [2.05, 4.69) is 0 Å². The van der Waals surface area contributed by atoms with E-state index in [0.29, 0.717) is 18.2 Å². The average Bonchev–Trinajstić information content (AvgIpc) is 2.76. The Labute approximate surface area is 104 Å². The Balaban J connectivity index is 1.92. The molecule has 0 aliphatic heterocycles. The highest BCUT2D eigenvalue weighted by Crippen LogP contribution is 2.19. The van der Waals surface area contributed by atoms with Crippen molar-refractivity contribution in [2.45, 2.75) is 13.2 Å². The Morgan fingerprint density at radius 2 is 2.12 bits per heavy atom. The summed E-state index contributed by atoms with van der Waals surface area (Å²) in [5, 5.41) is 2.72. The second kappa shape index (κ2) is 5.34. The van der Waals surface area contributed by atoms with Gasteiger partial charge in [0.1, 0.15) is 0 Å². The van der Waals surface area contributed by atoms with Crippen molar-refractivity contribution in [3.8, 4) is 0 Å². The van der Waals surface area contributed by atoms with Gasteiger partial charge in [-0.25, -0.2) is 0 Å². The zero-order chi connectivity index (χ0) is 11.4. The number of hydrogen-bond donors (Lipinski definition) is 1. The van der Waals surface area contributed by atoms with E-state index in [-0.39, 0.29) is 0 Å². The molecular formula is C12H12ClNOS. The molecular weight excluding hydrogens is 242 g/mol. The molecule has 0 unspecified atom stereocenters. The SMILES string of the molecule is Nc1ccc(Cl)cc1COCc1cccs1. The summed E-state index contributed by atoms with van der Waals surface area (Å²) in [4.78, 5) is 1.21. The van der Waals surface area contributed by atoms with Gasteiger partial charge in [-0.2, -0.15) is 0 Å². The van der Waals surface area contributed by atoms with Gasteiger partial charge in [-0.1, -0.05) is 17.7 Å². The van der Waals surface area contributed by atoms with Gasteiger partial charge in [0, 0.05) is 21.2 Å². The van der Waals surface area contributed by atoms with Crippen LogP contribution in [-0.4, -0.2) is 0 Å². The molecule has 0 saturated heterocycles. The summed E-state index contributed by atoms with van der Waals surface area (Å²) in [5.74, 6) is 0. The third-order valence-electron chi connectivity index (χ3n) is 2.19. The number of anilines is 1. The van der Waals surface area contributed by atoms with Gasteiger partial charge in [0.25, 0.3) is 0 Å². The van der Waals surface area contributed by atoms with Crippen LogP contribution in [-0.2, 0) is 18.0 Å². The van der Waals surface area contributed by atoms with Crippen LogP contribution in [0.5, 0.6) is 0 Å². The fourth-order valence-electron chi connectivity index (χ4n) is 1.36. The summed E-state index contributed by atoms with van der Waals surface area (Å²) in [6.07, 6.45) is 0. The molecule has 0 aliphatic carbocycles. The lowest BCUT2D eigenvalue weighted by Crippen LogP contribution is -1.97. The number of halogens is 1. The molecule has 1 heterocycles. The van der Waals surface area contributed by atoms with Crippen LogP contribution in [0.3, 0.4) is 0 Å². The van der Waals surface area contributed by atoms with Crippen molar-refractivity contribution in [2.24, 2.45) is 0 Å². The molecule has 1 aromatic carbocycles. The lowest BCUT2D eigenvalue weighted by molar-refractivity contribution is 0.109. The van der Waals surface area contributed by atoms with Crippen LogP contribution in [0.2, 0.25) is 5.02 Å². The molecule has 0 fully saturated rings. The highest BCUT2D eigenvalue weighted by molar-refractivity contribution is 7.09. The molecule has 2 aromatic rings. The fourth-order valence-corrected chi connectivity index (χ4v) is 2.19. The van der Waals surface area contributed by atoms with Crippen LogP contribution in [0.25, 0.3) is 0 Å². The minimum absolute atomic E-state index is 0.490. The molecule has 1 aromatic heterocycles. The number of ether oxygens (including phenoxy) is 1. The van der Waals surface area contributed by atoms with Crippen LogP contribution < -0.4 is 5.73 Å². The molecule has 0 bridgehead atoms. The van der Waals surface area contributed by atoms with E-state index in [0.717, 1.165) is 11.3 Å². The summed E-state index contributed by atoms with van der Waals surface area (Å²) in [6, 6.07) is 9.47. The maximum atomic E-state index is 5.89. The number of nitrogens with two attached hydrogens (primary N) is 1. The lowest BCUT2D eigenvalue weighted by Gasteiger charge is -2.06. The highest BCUT2D eigenvalue weighted by atomic mass is 35.5. The second-order valence-electron chi connectivity index (χ2n) is 3.42. The number of hydrogen-bond acceptors (Lipinski definition) is 3. The lowest BCUT2D eigenvalue weighted by atomic mass is 10.2. The van der Waals surface area contributed by atoms with Crippen molar-refractivity contribution >= 4 is 28.6 Å². The highest BCUT2D eigenvalue weighted by Gasteiger charge is 2.01. The van der Waals surface area contributed by atoms with E-state index >= 15 is 0 Å². The van der Waals surface area contributed by atoms with Gasteiger partial charge in [-0.3, -0.25) is 0 Å². The molecule has 2 N–H and O–H groups in total. The minimum Gasteiger partial charge on any atom is -0.398 e. The van der Waals surface area contributed by atoms with E-state index < -0.39 is 0 Å². The first kappa shape index (κ1) is 11.5. The molecule has 0 spiro atoms. The van der Waals surface area contributed by atoms with Crippen LogP contribution in [0.1, 0.15) is 10.4 Å². The predicted molar refractivity (Wildman–Crippen MR) is 68.7 cm³/mol. The van der Waals surface area contributed by atoms with Gasteiger partial charge in [0.05, 0.1) is 13.2 Å². The van der Waals surface area contributed by atoms with E-state index in [4.69, 9.17) is 22.1 Å². The third kappa shape index (κ3) is 2.98. The van der Waals surface area contributed by atoms with Crippen LogP contribution in [0.4, 0.5) is 5.69 Å². The summed E-state index contributed by atoms with van der Waals surface area (Å²) in [6.45, 7) is 1.11. The quantitative estimate of drug-likeness (QED) is 0.844. The Morgan fingerprint density at radius 3 is 2.88 bits per heavy atom. The number of rotatable bonds is 4.